The molecule has 0 spiro atoms. The van der Waals surface area contributed by atoms with E-state index in [4.69, 9.17) is 0 Å². The average molecular weight is 546 g/mol. The third kappa shape index (κ3) is 9.07. The van der Waals surface area contributed by atoms with E-state index in [1.165, 1.54) is 6.07 Å². The number of hydrogen-bond acceptors (Lipinski definition) is 3. The number of benzene rings is 2. The van der Waals surface area contributed by atoms with Crippen molar-refractivity contribution in [3.8, 4) is 5.75 Å². The van der Waals surface area contributed by atoms with Gasteiger partial charge in [-0.1, -0.05) is 36.8 Å². The topological polar surface area (TPSA) is 74.8 Å². The predicted octanol–water partition coefficient (Wildman–Crippen LogP) is 4.22. The van der Waals surface area contributed by atoms with Gasteiger partial charge < -0.3 is 20.7 Å². The maximum Gasteiger partial charge on any atom is 0.387 e. The molecule has 3 N–H and O–H groups in total. The molecule has 2 aromatic carbocycles. The summed E-state index contributed by atoms with van der Waals surface area (Å²) in [5.41, 5.74) is 3.06. The molecular weight excluding hydrogens is 517 g/mol. The number of hydrogen-bond donors (Lipinski definition) is 3. The van der Waals surface area contributed by atoms with Gasteiger partial charge >= 0.3 is 6.61 Å². The number of guanidine groups is 1. The minimum absolute atomic E-state index is 0. The fraction of sp³-hybridized carbons (Fsp3) is 0.364. The summed E-state index contributed by atoms with van der Waals surface area (Å²) >= 11 is 0. The Kier molecular flexibility index (Phi) is 11.8. The van der Waals surface area contributed by atoms with Crippen LogP contribution in [0.15, 0.2) is 47.5 Å². The van der Waals surface area contributed by atoms with Gasteiger partial charge in [0, 0.05) is 37.8 Å². The average Bonchev–Trinajstić information content (AvgIpc) is 2.73. The first kappa shape index (κ1) is 26.6. The van der Waals surface area contributed by atoms with Crippen LogP contribution in [0.25, 0.3) is 0 Å². The second-order valence-corrected chi connectivity index (χ2v) is 6.73. The molecule has 0 saturated heterocycles. The number of ether oxygens (including phenoxy) is 1. The van der Waals surface area contributed by atoms with E-state index in [1.807, 2.05) is 32.0 Å². The van der Waals surface area contributed by atoms with Crippen LogP contribution in [0.1, 0.15) is 40.4 Å². The van der Waals surface area contributed by atoms with Gasteiger partial charge in [0.05, 0.1) is 0 Å². The van der Waals surface area contributed by atoms with E-state index in [0.717, 1.165) is 17.5 Å². The predicted molar refractivity (Wildman–Crippen MR) is 129 cm³/mol. The summed E-state index contributed by atoms with van der Waals surface area (Å²) in [5, 5.41) is 9.11. The third-order valence-corrected chi connectivity index (χ3v) is 4.29. The zero-order valence-electron chi connectivity index (χ0n) is 17.9. The molecule has 0 atom stereocenters. The van der Waals surface area contributed by atoms with Gasteiger partial charge in [-0.25, -0.2) is 0 Å². The minimum atomic E-state index is -2.88. The molecule has 0 unspecified atom stereocenters. The van der Waals surface area contributed by atoms with Crippen molar-refractivity contribution in [2.45, 2.75) is 40.0 Å². The summed E-state index contributed by atoms with van der Waals surface area (Å²) in [5.74, 6) is 0.525. The summed E-state index contributed by atoms with van der Waals surface area (Å²) < 4.78 is 29.8. The van der Waals surface area contributed by atoms with Crippen LogP contribution in [0, 0.1) is 6.92 Å². The smallest absolute Gasteiger partial charge is 0.387 e. The molecular formula is C22H29F2IN4O2. The Morgan fingerprint density at radius 1 is 1.10 bits per heavy atom. The number of nitrogens with one attached hydrogen (secondary N) is 3. The van der Waals surface area contributed by atoms with Gasteiger partial charge in [-0.3, -0.25) is 9.79 Å². The number of carbonyl (C=O) groups is 1. The standard InChI is InChI=1S/C22H28F2N4O2.HI/c1-4-10-26-20(29)17-7-5-6-16(12-17)13-27-22(25-3)28-14-18-11-15(2)8-9-19(18)30-21(23)24;/h5-9,11-12,21H,4,10,13-14H2,1-3H3,(H,26,29)(H2,25,27,28);1H. The van der Waals surface area contributed by atoms with Crippen molar-refractivity contribution >= 4 is 35.8 Å². The van der Waals surface area contributed by atoms with Crippen LogP contribution in [-0.4, -0.2) is 32.1 Å². The number of rotatable bonds is 9. The van der Waals surface area contributed by atoms with Gasteiger partial charge in [0.1, 0.15) is 5.75 Å². The number of alkyl halides is 2. The number of halogens is 3. The Labute approximate surface area is 198 Å². The SMILES string of the molecule is CCCNC(=O)c1cccc(CNC(=NC)NCc2cc(C)ccc2OC(F)F)c1.I. The molecule has 1 amide bonds. The maximum atomic E-state index is 12.6. The second-order valence-electron chi connectivity index (χ2n) is 6.73. The van der Waals surface area contributed by atoms with Crippen LogP contribution < -0.4 is 20.7 Å². The van der Waals surface area contributed by atoms with Crippen LogP contribution in [0.2, 0.25) is 0 Å². The second kappa shape index (κ2) is 13.8. The van der Waals surface area contributed by atoms with Crippen LogP contribution in [0.4, 0.5) is 8.78 Å². The molecule has 0 radical (unpaired) electrons. The van der Waals surface area contributed by atoms with Gasteiger partial charge in [-0.15, -0.1) is 24.0 Å². The van der Waals surface area contributed by atoms with Crippen LogP contribution >= 0.6 is 24.0 Å². The van der Waals surface area contributed by atoms with Crippen molar-refractivity contribution in [2.75, 3.05) is 13.6 Å². The number of nitrogens with zero attached hydrogens (tertiary/aromatic N) is 1. The lowest BCUT2D eigenvalue weighted by Crippen LogP contribution is -2.36. The molecule has 170 valence electrons. The summed E-state index contributed by atoms with van der Waals surface area (Å²) in [4.78, 5) is 16.3. The van der Waals surface area contributed by atoms with Gasteiger partial charge in [0.15, 0.2) is 5.96 Å². The zero-order valence-corrected chi connectivity index (χ0v) is 20.2. The zero-order chi connectivity index (χ0) is 21.9. The van der Waals surface area contributed by atoms with Crippen molar-refractivity contribution in [3.63, 3.8) is 0 Å². The van der Waals surface area contributed by atoms with Crippen molar-refractivity contribution in [1.29, 1.82) is 0 Å². The molecule has 31 heavy (non-hydrogen) atoms. The molecule has 0 aliphatic heterocycles. The van der Waals surface area contributed by atoms with Crippen LogP contribution in [-0.2, 0) is 13.1 Å². The Morgan fingerprint density at radius 2 is 1.84 bits per heavy atom. The monoisotopic (exact) mass is 546 g/mol. The Morgan fingerprint density at radius 3 is 2.52 bits per heavy atom. The van der Waals surface area contributed by atoms with Gasteiger partial charge in [0.2, 0.25) is 0 Å². The Bertz CT molecular complexity index is 878. The van der Waals surface area contributed by atoms with Crippen molar-refractivity contribution in [2.24, 2.45) is 4.99 Å². The lowest BCUT2D eigenvalue weighted by atomic mass is 10.1. The highest BCUT2D eigenvalue weighted by Crippen LogP contribution is 2.22. The summed E-state index contributed by atoms with van der Waals surface area (Å²) in [6.07, 6.45) is 0.875. The summed E-state index contributed by atoms with van der Waals surface area (Å²) in [6, 6.07) is 12.4. The normalized spacial score (nSPS) is 11.0. The van der Waals surface area contributed by atoms with Crippen molar-refractivity contribution in [1.82, 2.24) is 16.0 Å². The van der Waals surface area contributed by atoms with Gasteiger partial charge in [-0.05, 0) is 37.1 Å². The maximum absolute atomic E-state index is 12.6. The molecule has 0 bridgehead atoms. The molecule has 2 rings (SSSR count). The Balaban J connectivity index is 0.00000480. The van der Waals surface area contributed by atoms with E-state index in [0.29, 0.717) is 30.2 Å². The summed E-state index contributed by atoms with van der Waals surface area (Å²) in [7, 11) is 1.62. The highest BCUT2D eigenvalue weighted by Gasteiger charge is 2.11. The van der Waals surface area contributed by atoms with Crippen LogP contribution in [0.3, 0.4) is 0 Å². The van der Waals surface area contributed by atoms with E-state index in [9.17, 15) is 13.6 Å². The first-order valence-electron chi connectivity index (χ1n) is 9.79. The van der Waals surface area contributed by atoms with E-state index in [2.05, 4.69) is 25.7 Å². The molecule has 0 aliphatic rings. The minimum Gasteiger partial charge on any atom is -0.434 e. The van der Waals surface area contributed by atoms with E-state index in [1.54, 1.807) is 25.2 Å². The fourth-order valence-electron chi connectivity index (χ4n) is 2.81. The first-order valence-corrected chi connectivity index (χ1v) is 9.79. The molecule has 0 fully saturated rings. The first-order chi connectivity index (χ1) is 14.4. The molecule has 0 aliphatic carbocycles. The van der Waals surface area contributed by atoms with Crippen molar-refractivity contribution < 1.29 is 18.3 Å². The largest absolute Gasteiger partial charge is 0.434 e. The lowest BCUT2D eigenvalue weighted by molar-refractivity contribution is -0.0504. The Hall–Kier alpha value is -2.43. The highest BCUT2D eigenvalue weighted by molar-refractivity contribution is 14.0. The van der Waals surface area contributed by atoms with Gasteiger partial charge in [-0.2, -0.15) is 8.78 Å². The summed E-state index contributed by atoms with van der Waals surface area (Å²) in [6.45, 7) is 2.34. The van der Waals surface area contributed by atoms with Gasteiger partial charge in [0.25, 0.3) is 5.91 Å². The molecule has 0 heterocycles. The highest BCUT2D eigenvalue weighted by atomic mass is 127. The number of amides is 1. The quantitative estimate of drug-likeness (QED) is 0.250. The molecule has 0 saturated carbocycles. The molecule has 6 nitrogen and oxygen atoms in total. The molecule has 0 aromatic heterocycles. The lowest BCUT2D eigenvalue weighted by Gasteiger charge is -2.15. The number of aryl methyl sites for hydroxylation is 1. The van der Waals surface area contributed by atoms with Crippen LogP contribution in [0.5, 0.6) is 5.75 Å². The fourth-order valence-corrected chi connectivity index (χ4v) is 2.81. The molecule has 9 heteroatoms. The number of carbonyl (C=O) groups excluding carboxylic acids is 1. The number of aliphatic imine (C=N–C) groups is 1. The van der Waals surface area contributed by atoms with E-state index < -0.39 is 6.61 Å². The third-order valence-electron chi connectivity index (χ3n) is 4.29. The van der Waals surface area contributed by atoms with E-state index in [-0.39, 0.29) is 42.2 Å². The molecule has 2 aromatic rings. The van der Waals surface area contributed by atoms with Crippen molar-refractivity contribution in [3.05, 3.63) is 64.7 Å². The van der Waals surface area contributed by atoms with E-state index >= 15 is 0 Å².